The fourth-order valence-corrected chi connectivity index (χ4v) is 3.91. The Balaban J connectivity index is 1.54. The zero-order chi connectivity index (χ0) is 22.3. The molecular weight excluding hydrogens is 398 g/mol. The molecule has 9 heteroatoms. The largest absolute Gasteiger partial charge is 0.461 e. The number of hydrogen-bond acceptors (Lipinski definition) is 5. The monoisotopic (exact) mass is 423 g/mol. The zero-order valence-electron chi connectivity index (χ0n) is 18.1. The Labute approximate surface area is 178 Å². The van der Waals surface area contributed by atoms with Crippen LogP contribution in [0.3, 0.4) is 0 Å². The van der Waals surface area contributed by atoms with E-state index in [0.29, 0.717) is 24.3 Å². The molecule has 0 unspecified atom stereocenters. The Morgan fingerprint density at radius 1 is 1.16 bits per heavy atom. The van der Waals surface area contributed by atoms with Gasteiger partial charge in [0.25, 0.3) is 5.56 Å². The van der Waals surface area contributed by atoms with Gasteiger partial charge in [0.05, 0.1) is 6.33 Å². The summed E-state index contributed by atoms with van der Waals surface area (Å²) in [5.41, 5.74) is 1.61. The van der Waals surface area contributed by atoms with Crippen molar-refractivity contribution in [2.45, 2.75) is 32.9 Å². The molecule has 0 fully saturated rings. The number of hydrogen-bond donors (Lipinski definition) is 0. The maximum absolute atomic E-state index is 12.8. The average molecular weight is 423 g/mol. The highest BCUT2D eigenvalue weighted by Crippen LogP contribution is 2.27. The second-order valence-corrected chi connectivity index (χ2v) is 7.67. The third-order valence-corrected chi connectivity index (χ3v) is 5.71. The van der Waals surface area contributed by atoms with Crippen molar-refractivity contribution in [2.24, 2.45) is 14.1 Å². The number of benzene rings is 1. The molecule has 0 aliphatic rings. The molecule has 0 aliphatic carbocycles. The zero-order valence-corrected chi connectivity index (χ0v) is 18.1. The van der Waals surface area contributed by atoms with Gasteiger partial charge in [-0.1, -0.05) is 25.1 Å². The van der Waals surface area contributed by atoms with Gasteiger partial charge in [-0.2, -0.15) is 0 Å². The van der Waals surface area contributed by atoms with Crippen molar-refractivity contribution in [1.29, 1.82) is 0 Å². The van der Waals surface area contributed by atoms with Crippen LogP contribution in [0.25, 0.3) is 22.1 Å². The second-order valence-electron chi connectivity index (χ2n) is 7.67. The first kappa shape index (κ1) is 20.6. The molecule has 0 atom stereocenters. The quantitative estimate of drug-likeness (QED) is 0.471. The molecule has 0 radical (unpaired) electrons. The minimum Gasteiger partial charge on any atom is -0.461 e. The number of imidazole rings is 1. The van der Waals surface area contributed by atoms with Crippen LogP contribution in [0.1, 0.15) is 24.7 Å². The van der Waals surface area contributed by atoms with E-state index in [2.05, 4.69) is 4.98 Å². The molecule has 0 bridgehead atoms. The summed E-state index contributed by atoms with van der Waals surface area (Å²) in [5.74, 6) is 0.821. The van der Waals surface area contributed by atoms with Crippen molar-refractivity contribution in [1.82, 2.24) is 23.6 Å². The molecule has 0 saturated heterocycles. The van der Waals surface area contributed by atoms with Crippen LogP contribution in [-0.2, 0) is 38.4 Å². The van der Waals surface area contributed by atoms with E-state index >= 15 is 0 Å². The number of aromatic nitrogens is 4. The fraction of sp³-hybridized carbons (Fsp3) is 0.364. The number of para-hydroxylation sites is 1. The lowest BCUT2D eigenvalue weighted by Crippen LogP contribution is -2.37. The number of amides is 1. The third-order valence-electron chi connectivity index (χ3n) is 5.71. The van der Waals surface area contributed by atoms with Crippen molar-refractivity contribution in [2.75, 3.05) is 7.05 Å². The van der Waals surface area contributed by atoms with Gasteiger partial charge >= 0.3 is 5.69 Å². The summed E-state index contributed by atoms with van der Waals surface area (Å²) in [5, 5.41) is 1.02. The van der Waals surface area contributed by atoms with Crippen LogP contribution in [0.15, 0.2) is 44.6 Å². The molecule has 9 nitrogen and oxygen atoms in total. The predicted octanol–water partition coefficient (Wildman–Crippen LogP) is 1.79. The van der Waals surface area contributed by atoms with Crippen molar-refractivity contribution >= 4 is 28.0 Å². The predicted molar refractivity (Wildman–Crippen MR) is 117 cm³/mol. The lowest BCUT2D eigenvalue weighted by atomic mass is 10.1. The molecule has 31 heavy (non-hydrogen) atoms. The highest BCUT2D eigenvalue weighted by Gasteiger charge is 2.19. The third kappa shape index (κ3) is 3.45. The molecule has 0 aliphatic heterocycles. The number of nitrogens with zero attached hydrogens (tertiary/aromatic N) is 5. The Kier molecular flexibility index (Phi) is 5.26. The molecule has 162 valence electrons. The minimum atomic E-state index is -0.433. The van der Waals surface area contributed by atoms with Gasteiger partial charge in [-0.25, -0.2) is 9.78 Å². The number of rotatable bonds is 6. The van der Waals surface area contributed by atoms with Gasteiger partial charge in [0, 0.05) is 58.0 Å². The molecule has 4 rings (SSSR count). The highest BCUT2D eigenvalue weighted by atomic mass is 16.3. The van der Waals surface area contributed by atoms with E-state index in [1.165, 1.54) is 17.9 Å². The Hall–Kier alpha value is -3.62. The van der Waals surface area contributed by atoms with Gasteiger partial charge in [-0.15, -0.1) is 0 Å². The maximum atomic E-state index is 12.8. The van der Waals surface area contributed by atoms with E-state index in [4.69, 9.17) is 4.42 Å². The number of carbonyl (C=O) groups is 1. The Morgan fingerprint density at radius 3 is 2.65 bits per heavy atom. The van der Waals surface area contributed by atoms with Gasteiger partial charge in [-0.05, 0) is 6.07 Å². The van der Waals surface area contributed by atoms with Crippen LogP contribution in [-0.4, -0.2) is 36.5 Å². The molecule has 0 spiro atoms. The van der Waals surface area contributed by atoms with Crippen LogP contribution < -0.4 is 11.2 Å². The van der Waals surface area contributed by atoms with Gasteiger partial charge in [0.15, 0.2) is 11.2 Å². The van der Waals surface area contributed by atoms with E-state index in [9.17, 15) is 14.4 Å². The first-order valence-electron chi connectivity index (χ1n) is 10.2. The molecule has 4 aromatic rings. The van der Waals surface area contributed by atoms with Crippen LogP contribution in [0, 0.1) is 0 Å². The summed E-state index contributed by atoms with van der Waals surface area (Å²) in [6, 6.07) is 7.82. The maximum Gasteiger partial charge on any atom is 0.332 e. The van der Waals surface area contributed by atoms with Crippen LogP contribution in [0.4, 0.5) is 0 Å². The lowest BCUT2D eigenvalue weighted by molar-refractivity contribution is -0.130. The standard InChI is InChI=1S/C22H25N5O4/c1-5-16-15(14-8-6-7-9-17(14)31-16)12-24(2)18(28)10-11-27-13-23-20-19(27)21(29)26(4)22(30)25(20)3/h6-9,13H,5,10-12H2,1-4H3. The Bertz CT molecular complexity index is 1410. The van der Waals surface area contributed by atoms with Gasteiger partial charge in [-0.3, -0.25) is 18.7 Å². The van der Waals surface area contributed by atoms with Crippen molar-refractivity contribution < 1.29 is 9.21 Å². The lowest BCUT2D eigenvalue weighted by Gasteiger charge is -2.17. The number of aryl methyl sites for hydroxylation is 3. The van der Waals surface area contributed by atoms with Crippen molar-refractivity contribution in [3.05, 3.63) is 62.8 Å². The van der Waals surface area contributed by atoms with Crippen molar-refractivity contribution in [3.8, 4) is 0 Å². The fourth-order valence-electron chi connectivity index (χ4n) is 3.91. The summed E-state index contributed by atoms with van der Waals surface area (Å²) in [6.07, 6.45) is 2.44. The van der Waals surface area contributed by atoms with Crippen LogP contribution >= 0.6 is 0 Å². The number of furan rings is 1. The number of fused-ring (bicyclic) bond motifs is 2. The highest BCUT2D eigenvalue weighted by molar-refractivity contribution is 5.83. The topological polar surface area (TPSA) is 95.3 Å². The summed E-state index contributed by atoms with van der Waals surface area (Å²) in [4.78, 5) is 43.3. The smallest absolute Gasteiger partial charge is 0.332 e. The summed E-state index contributed by atoms with van der Waals surface area (Å²) in [6.45, 7) is 2.76. The van der Waals surface area contributed by atoms with E-state index in [1.54, 1.807) is 23.6 Å². The van der Waals surface area contributed by atoms with Gasteiger partial charge < -0.3 is 13.9 Å². The minimum absolute atomic E-state index is 0.0594. The van der Waals surface area contributed by atoms with E-state index in [1.807, 2.05) is 31.2 Å². The molecule has 3 aromatic heterocycles. The Morgan fingerprint density at radius 2 is 1.90 bits per heavy atom. The van der Waals surface area contributed by atoms with E-state index in [-0.39, 0.29) is 12.3 Å². The SMILES string of the molecule is CCc1oc2ccccc2c1CN(C)C(=O)CCn1cnc2c1c(=O)n(C)c(=O)n2C. The summed E-state index contributed by atoms with van der Waals surface area (Å²) >= 11 is 0. The van der Waals surface area contributed by atoms with E-state index < -0.39 is 11.2 Å². The second kappa shape index (κ2) is 7.90. The molecule has 3 heterocycles. The molecule has 0 N–H and O–H groups in total. The molecule has 0 saturated carbocycles. The normalized spacial score (nSPS) is 11.5. The molecular formula is C22H25N5O4. The van der Waals surface area contributed by atoms with E-state index in [0.717, 1.165) is 33.3 Å². The number of carbonyl (C=O) groups excluding carboxylic acids is 1. The van der Waals surface area contributed by atoms with Crippen LogP contribution in [0.5, 0.6) is 0 Å². The van der Waals surface area contributed by atoms with Crippen molar-refractivity contribution in [3.63, 3.8) is 0 Å². The van der Waals surface area contributed by atoms with Crippen LogP contribution in [0.2, 0.25) is 0 Å². The van der Waals surface area contributed by atoms with Gasteiger partial charge in [0.1, 0.15) is 11.3 Å². The first-order valence-corrected chi connectivity index (χ1v) is 10.2. The molecule has 1 aromatic carbocycles. The summed E-state index contributed by atoms with van der Waals surface area (Å²) in [7, 11) is 4.76. The average Bonchev–Trinajstić information content (AvgIpc) is 3.36. The summed E-state index contributed by atoms with van der Waals surface area (Å²) < 4.78 is 9.94. The molecule has 1 amide bonds. The van der Waals surface area contributed by atoms with Gasteiger partial charge in [0.2, 0.25) is 5.91 Å². The first-order chi connectivity index (χ1) is 14.8.